The number of rotatable bonds is 8. The van der Waals surface area contributed by atoms with Gasteiger partial charge in [-0.2, -0.15) is 5.26 Å². The largest absolute Gasteiger partial charge is 0.463 e. The number of benzene rings is 1. The molecule has 1 saturated heterocycles. The van der Waals surface area contributed by atoms with Crippen molar-refractivity contribution in [1.82, 2.24) is 20.0 Å². The van der Waals surface area contributed by atoms with Crippen molar-refractivity contribution in [1.29, 1.82) is 5.26 Å². The van der Waals surface area contributed by atoms with Crippen molar-refractivity contribution in [2.75, 3.05) is 13.7 Å². The van der Waals surface area contributed by atoms with Crippen LogP contribution in [0.2, 0.25) is 5.02 Å². The SMILES string of the molecule is C#Cc1cnc(C#N)c(S[C@H]2OC(COC(C)=O)[C@H](OC(C)=O)C(n3cc(-c4cc(F)c(Cl)c(F)c4)nn3)C2OC)c1. The van der Waals surface area contributed by atoms with Crippen molar-refractivity contribution in [3.63, 3.8) is 0 Å². The number of halogens is 3. The van der Waals surface area contributed by atoms with Crippen LogP contribution in [0.1, 0.15) is 31.1 Å². The number of terminal acetylenes is 1. The van der Waals surface area contributed by atoms with Gasteiger partial charge < -0.3 is 18.9 Å². The normalized spacial score (nSPS) is 21.7. The molecule has 0 bridgehead atoms. The minimum absolute atomic E-state index is 0.0453. The van der Waals surface area contributed by atoms with Gasteiger partial charge in [0.05, 0.1) is 6.20 Å². The van der Waals surface area contributed by atoms with E-state index in [1.165, 1.54) is 38.0 Å². The van der Waals surface area contributed by atoms with E-state index >= 15 is 0 Å². The summed E-state index contributed by atoms with van der Waals surface area (Å²) in [4.78, 5) is 28.3. The van der Waals surface area contributed by atoms with Gasteiger partial charge in [-0.25, -0.2) is 18.4 Å². The lowest BCUT2D eigenvalue weighted by Gasteiger charge is -2.44. The first-order valence-corrected chi connectivity index (χ1v) is 13.4. The molecule has 4 rings (SSSR count). The standard InChI is InChI=1S/C27H22ClF2N5O6S/c1-5-15-6-22(19(9-31)32-10-15)42-27-26(38-4)24(25(40-14(3)37)21(41-27)12-39-13(2)36)35-11-20(33-34-35)16-7-17(29)23(28)18(30)8-16/h1,6-8,10-11,21,24-27H,12H2,2-4H3/t21?,24?,25-,26?,27+/m0/s1. The van der Waals surface area contributed by atoms with Crippen molar-refractivity contribution in [3.8, 4) is 29.7 Å². The number of aromatic nitrogens is 4. The number of nitrogens with zero attached hydrogens (tertiary/aromatic N) is 5. The third-order valence-electron chi connectivity index (χ3n) is 6.11. The monoisotopic (exact) mass is 617 g/mol. The van der Waals surface area contributed by atoms with Crippen LogP contribution in [0.3, 0.4) is 0 Å². The molecule has 5 atom stereocenters. The van der Waals surface area contributed by atoms with Crippen LogP contribution in [-0.4, -0.2) is 69.4 Å². The number of hydrogen-bond donors (Lipinski definition) is 0. The topological polar surface area (TPSA) is 138 Å². The first kappa shape index (κ1) is 30.9. The number of carbonyl (C=O) groups excluding carboxylic acids is 2. The minimum Gasteiger partial charge on any atom is -0.463 e. The number of hydrogen-bond acceptors (Lipinski definition) is 11. The van der Waals surface area contributed by atoms with Gasteiger partial charge in [-0.15, -0.1) is 11.5 Å². The van der Waals surface area contributed by atoms with Crippen LogP contribution in [0.15, 0.2) is 35.5 Å². The Balaban J connectivity index is 1.80. The highest BCUT2D eigenvalue weighted by molar-refractivity contribution is 7.99. The Labute approximate surface area is 248 Å². The Kier molecular flexibility index (Phi) is 9.75. The number of pyridine rings is 1. The van der Waals surface area contributed by atoms with Gasteiger partial charge in [-0.05, 0) is 18.2 Å². The van der Waals surface area contributed by atoms with Gasteiger partial charge in [-0.1, -0.05) is 34.5 Å². The Morgan fingerprint density at radius 2 is 1.93 bits per heavy atom. The molecule has 0 N–H and O–H groups in total. The first-order valence-electron chi connectivity index (χ1n) is 12.1. The van der Waals surface area contributed by atoms with Gasteiger partial charge in [-0.3, -0.25) is 9.59 Å². The second kappa shape index (κ2) is 13.3. The molecule has 11 nitrogen and oxygen atoms in total. The van der Waals surface area contributed by atoms with Gasteiger partial charge in [0, 0.05) is 43.2 Å². The zero-order valence-electron chi connectivity index (χ0n) is 22.3. The quantitative estimate of drug-likeness (QED) is 0.208. The molecule has 0 radical (unpaired) electrons. The maximum absolute atomic E-state index is 14.2. The maximum Gasteiger partial charge on any atom is 0.303 e. The Hall–Kier alpha value is -4.08. The molecule has 42 heavy (non-hydrogen) atoms. The molecule has 1 fully saturated rings. The molecule has 1 aromatic carbocycles. The molecule has 2 aromatic heterocycles. The summed E-state index contributed by atoms with van der Waals surface area (Å²) >= 11 is 6.68. The predicted octanol–water partition coefficient (Wildman–Crippen LogP) is 3.69. The van der Waals surface area contributed by atoms with Crippen LogP contribution in [0, 0.1) is 35.3 Å². The van der Waals surface area contributed by atoms with Crippen LogP contribution < -0.4 is 0 Å². The molecule has 3 aromatic rings. The maximum atomic E-state index is 14.2. The van der Waals surface area contributed by atoms with Crippen LogP contribution in [0.25, 0.3) is 11.3 Å². The molecule has 15 heteroatoms. The van der Waals surface area contributed by atoms with E-state index in [9.17, 15) is 23.6 Å². The van der Waals surface area contributed by atoms with E-state index in [0.717, 1.165) is 23.9 Å². The molecule has 1 aliphatic heterocycles. The second-order valence-electron chi connectivity index (χ2n) is 8.89. The summed E-state index contributed by atoms with van der Waals surface area (Å²) in [6.07, 6.45) is 5.15. The smallest absolute Gasteiger partial charge is 0.303 e. The highest BCUT2D eigenvalue weighted by Crippen LogP contribution is 2.42. The van der Waals surface area contributed by atoms with Crippen LogP contribution in [0.4, 0.5) is 8.78 Å². The van der Waals surface area contributed by atoms with Crippen molar-refractivity contribution in [2.45, 2.75) is 48.5 Å². The van der Waals surface area contributed by atoms with E-state index in [0.29, 0.717) is 10.5 Å². The van der Waals surface area contributed by atoms with Crippen molar-refractivity contribution >= 4 is 35.3 Å². The number of esters is 2. The summed E-state index contributed by atoms with van der Waals surface area (Å²) in [6.45, 7) is 2.07. The Morgan fingerprint density at radius 1 is 1.21 bits per heavy atom. The molecule has 0 aliphatic carbocycles. The van der Waals surface area contributed by atoms with Gasteiger partial charge >= 0.3 is 11.9 Å². The fraction of sp³-hybridized carbons (Fsp3) is 0.333. The zero-order valence-corrected chi connectivity index (χ0v) is 23.9. The van der Waals surface area contributed by atoms with Crippen molar-refractivity contribution in [2.24, 2.45) is 0 Å². The highest BCUT2D eigenvalue weighted by atomic mass is 35.5. The average Bonchev–Trinajstić information content (AvgIpc) is 3.44. The van der Waals surface area contributed by atoms with Gasteiger partial charge in [0.25, 0.3) is 0 Å². The van der Waals surface area contributed by atoms with E-state index in [-0.39, 0.29) is 23.6 Å². The third kappa shape index (κ3) is 6.69. The van der Waals surface area contributed by atoms with Gasteiger partial charge in [0.2, 0.25) is 0 Å². The molecule has 3 unspecified atom stereocenters. The average molecular weight is 618 g/mol. The van der Waals surface area contributed by atoms with Crippen LogP contribution in [0.5, 0.6) is 0 Å². The third-order valence-corrected chi connectivity index (χ3v) is 7.64. The lowest BCUT2D eigenvalue weighted by molar-refractivity contribution is -0.208. The Bertz CT molecular complexity index is 1570. The number of ether oxygens (including phenoxy) is 4. The van der Waals surface area contributed by atoms with E-state index < -0.39 is 58.4 Å². The van der Waals surface area contributed by atoms with E-state index in [1.54, 1.807) is 6.07 Å². The summed E-state index contributed by atoms with van der Waals surface area (Å²) in [6, 6.07) is 4.61. The number of methoxy groups -OCH3 is 1. The molecule has 0 amide bonds. The first-order chi connectivity index (χ1) is 20.1. The zero-order chi connectivity index (χ0) is 30.6. The van der Waals surface area contributed by atoms with E-state index in [4.69, 9.17) is 37.0 Å². The lowest BCUT2D eigenvalue weighted by Crippen LogP contribution is -2.57. The van der Waals surface area contributed by atoms with Crippen LogP contribution >= 0.6 is 23.4 Å². The Morgan fingerprint density at radius 3 is 2.52 bits per heavy atom. The van der Waals surface area contributed by atoms with Crippen molar-refractivity contribution in [3.05, 3.63) is 58.5 Å². The molecule has 0 spiro atoms. The summed E-state index contributed by atoms with van der Waals surface area (Å²) in [5.74, 6) is -0.812. The molecule has 0 saturated carbocycles. The predicted molar refractivity (Wildman–Crippen MR) is 144 cm³/mol. The van der Waals surface area contributed by atoms with Crippen molar-refractivity contribution < 1.29 is 37.3 Å². The number of thioether (sulfide) groups is 1. The minimum atomic E-state index is -1.14. The molecule has 3 heterocycles. The van der Waals surface area contributed by atoms with Gasteiger partial charge in [0.15, 0.2) is 11.8 Å². The summed E-state index contributed by atoms with van der Waals surface area (Å²) in [7, 11) is 1.38. The molecule has 1 aliphatic rings. The molecular formula is C27H22ClF2N5O6S. The summed E-state index contributed by atoms with van der Waals surface area (Å²) in [5.41, 5.74) is -0.319. The summed E-state index contributed by atoms with van der Waals surface area (Å²) < 4.78 is 52.5. The summed E-state index contributed by atoms with van der Waals surface area (Å²) in [5, 5.41) is 17.1. The van der Waals surface area contributed by atoms with E-state index in [2.05, 4.69) is 21.2 Å². The molecule has 218 valence electrons. The fourth-order valence-electron chi connectivity index (χ4n) is 4.29. The second-order valence-corrected chi connectivity index (χ2v) is 10.4. The lowest BCUT2D eigenvalue weighted by atomic mass is 9.96. The van der Waals surface area contributed by atoms with Crippen LogP contribution in [-0.2, 0) is 28.5 Å². The highest BCUT2D eigenvalue weighted by Gasteiger charge is 2.50. The number of carbonyl (C=O) groups is 2. The number of nitriles is 1. The van der Waals surface area contributed by atoms with E-state index in [1.807, 2.05) is 6.07 Å². The van der Waals surface area contributed by atoms with Gasteiger partial charge in [0.1, 0.15) is 58.7 Å². The molecular weight excluding hydrogens is 596 g/mol. The fourth-order valence-corrected chi connectivity index (χ4v) is 5.66.